The molecule has 0 bridgehead atoms. The molecule has 1 heterocycles. The van der Waals surface area contributed by atoms with Crippen molar-refractivity contribution in [2.24, 2.45) is 0 Å². The Kier molecular flexibility index (Phi) is 8.17. The molecule has 0 unspecified atom stereocenters. The van der Waals surface area contributed by atoms with Crippen molar-refractivity contribution in [3.05, 3.63) is 127 Å². The zero-order valence-corrected chi connectivity index (χ0v) is 26.9. The highest BCUT2D eigenvalue weighted by atomic mass is 32.2. The summed E-state index contributed by atoms with van der Waals surface area (Å²) in [5.41, 5.74) is -1.14. The lowest BCUT2D eigenvalue weighted by molar-refractivity contribution is 0.480. The molecule has 0 saturated heterocycles. The molecule has 1 aliphatic carbocycles. The third-order valence-corrected chi connectivity index (χ3v) is 11.2. The molecular weight excluding hydrogens is 685 g/mol. The number of aliphatic hydroxyl groups excluding tert-OH is 1. The summed E-state index contributed by atoms with van der Waals surface area (Å²) in [5, 5.41) is 14.9. The van der Waals surface area contributed by atoms with Crippen molar-refractivity contribution in [3.63, 3.8) is 0 Å². The molecule has 0 atom stereocenters. The quantitative estimate of drug-likeness (QED) is 0.159. The standard InChI is InChI=1S/C32H24N2O11S3/c35-30(18-7-2-1-3-8-18)29-26-20-9-4-5-10-21(20)31(36)28-24(14-13-23(27(26)28)34-32(29)37)33-22-12-11-19(17-25(22)48(43,44)45)46(38,39)15-6-16-47(40,41)42/h1-5,7-14,17,33,35H,6,15-16H2,(H,40,41,42)(H,43,44,45). The van der Waals surface area contributed by atoms with E-state index in [4.69, 9.17) is 4.55 Å². The number of fused-ring (bicyclic) bond motifs is 2. The van der Waals surface area contributed by atoms with Crippen LogP contribution in [-0.2, 0) is 30.1 Å². The lowest BCUT2D eigenvalue weighted by Crippen LogP contribution is -2.33. The van der Waals surface area contributed by atoms with Crippen molar-refractivity contribution < 1.29 is 39.5 Å². The second kappa shape index (κ2) is 11.9. The van der Waals surface area contributed by atoms with Gasteiger partial charge in [0.2, 0.25) is 0 Å². The third-order valence-electron chi connectivity index (χ3n) is 7.75. The smallest absolute Gasteiger partial charge is 0.296 e. The number of hydrogen-bond donors (Lipinski definition) is 4. The summed E-state index contributed by atoms with van der Waals surface area (Å²) in [5.74, 6) is -1.97. The van der Waals surface area contributed by atoms with Crippen molar-refractivity contribution in [3.8, 4) is 0 Å². The molecule has 0 aromatic heterocycles. The van der Waals surface area contributed by atoms with Gasteiger partial charge in [0.05, 0.1) is 43.9 Å². The van der Waals surface area contributed by atoms with E-state index in [-0.39, 0.29) is 49.1 Å². The van der Waals surface area contributed by atoms with Gasteiger partial charge in [-0.1, -0.05) is 54.6 Å². The SMILES string of the molecule is O=c1nc2ccc(Nc3ccc(S(=O)(=O)CCCS(=O)(=O)O)cc3S(=O)(=O)O)c3c2=c(c1=C(O)c1ccccc1)c1ccccc1c3=O. The number of nitrogens with one attached hydrogen (secondary N) is 1. The Balaban J connectivity index is 1.62. The molecule has 4 N–H and O–H groups in total. The van der Waals surface area contributed by atoms with E-state index < -0.39 is 68.8 Å². The minimum atomic E-state index is -5.09. The van der Waals surface area contributed by atoms with Crippen LogP contribution in [0.5, 0.6) is 0 Å². The highest BCUT2D eigenvalue weighted by molar-refractivity contribution is 7.91. The summed E-state index contributed by atoms with van der Waals surface area (Å²) in [6.07, 6.45) is -0.479. The van der Waals surface area contributed by atoms with Crippen molar-refractivity contribution >= 4 is 68.9 Å². The average molecular weight is 709 g/mol. The number of benzene rings is 4. The Morgan fingerprint density at radius 2 is 1.38 bits per heavy atom. The fourth-order valence-electron chi connectivity index (χ4n) is 5.65. The van der Waals surface area contributed by atoms with Gasteiger partial charge in [-0.3, -0.25) is 18.7 Å². The molecule has 4 aromatic rings. The molecule has 0 saturated carbocycles. The predicted octanol–water partition coefficient (Wildman–Crippen LogP) is 2.75. The number of nitrogens with zero attached hydrogens (tertiary/aromatic N) is 1. The van der Waals surface area contributed by atoms with Crippen LogP contribution in [0.2, 0.25) is 0 Å². The Labute approximate surface area is 272 Å². The van der Waals surface area contributed by atoms with E-state index in [1.54, 1.807) is 48.5 Å². The predicted molar refractivity (Wildman–Crippen MR) is 178 cm³/mol. The molecule has 4 aromatic carbocycles. The number of sulfone groups is 1. The zero-order chi connectivity index (χ0) is 34.6. The van der Waals surface area contributed by atoms with Crippen LogP contribution in [0, 0.1) is 10.4 Å². The van der Waals surface area contributed by atoms with Gasteiger partial charge in [-0.25, -0.2) is 13.4 Å². The molecule has 246 valence electrons. The topological polar surface area (TPSA) is 222 Å². The van der Waals surface area contributed by atoms with Crippen molar-refractivity contribution in [2.45, 2.75) is 16.2 Å². The summed E-state index contributed by atoms with van der Waals surface area (Å²) in [4.78, 5) is 30.2. The fourth-order valence-corrected chi connectivity index (χ4v) is 8.42. The van der Waals surface area contributed by atoms with Gasteiger partial charge >= 0.3 is 0 Å². The van der Waals surface area contributed by atoms with Gasteiger partial charge in [-0.15, -0.1) is 0 Å². The van der Waals surface area contributed by atoms with E-state index in [0.717, 1.165) is 12.1 Å². The lowest BCUT2D eigenvalue weighted by atomic mass is 9.96. The van der Waals surface area contributed by atoms with Crippen LogP contribution < -0.4 is 21.5 Å². The molecule has 0 spiro atoms. The number of rotatable bonds is 9. The van der Waals surface area contributed by atoms with Crippen molar-refractivity contribution in [1.82, 2.24) is 4.98 Å². The summed E-state index contributed by atoms with van der Waals surface area (Å²) in [6, 6.07) is 20.2. The average Bonchev–Trinajstić information content (AvgIpc) is 3.02. The normalized spacial score (nSPS) is 13.3. The molecule has 0 fully saturated rings. The Morgan fingerprint density at radius 3 is 2.04 bits per heavy atom. The summed E-state index contributed by atoms with van der Waals surface area (Å²) in [6.45, 7) is 0. The maximum Gasteiger partial charge on any atom is 0.296 e. The number of anilines is 2. The molecule has 0 amide bonds. The Morgan fingerprint density at radius 1 is 0.729 bits per heavy atom. The van der Waals surface area contributed by atoms with Crippen LogP contribution in [0.25, 0.3) is 27.4 Å². The summed E-state index contributed by atoms with van der Waals surface area (Å²) < 4.78 is 91.7. The van der Waals surface area contributed by atoms with E-state index in [1.807, 2.05) is 0 Å². The molecule has 1 aliphatic heterocycles. The molecule has 2 aliphatic rings. The summed E-state index contributed by atoms with van der Waals surface area (Å²) in [7, 11) is -13.8. The van der Waals surface area contributed by atoms with Crippen molar-refractivity contribution in [1.29, 1.82) is 0 Å². The highest BCUT2D eigenvalue weighted by Gasteiger charge is 2.24. The molecular formula is C32H24N2O11S3. The highest BCUT2D eigenvalue weighted by Crippen LogP contribution is 2.32. The zero-order valence-electron chi connectivity index (χ0n) is 24.5. The second-order valence-electron chi connectivity index (χ2n) is 10.9. The van der Waals surface area contributed by atoms with Crippen LogP contribution in [0.15, 0.2) is 104 Å². The molecule has 0 radical (unpaired) electrons. The van der Waals surface area contributed by atoms with Gasteiger partial charge in [0.25, 0.3) is 25.8 Å². The first-order valence-electron chi connectivity index (χ1n) is 14.1. The van der Waals surface area contributed by atoms with Gasteiger partial charge < -0.3 is 10.4 Å². The van der Waals surface area contributed by atoms with E-state index in [9.17, 15) is 44.5 Å². The van der Waals surface area contributed by atoms with Gasteiger partial charge in [0.15, 0.2) is 15.3 Å². The molecule has 48 heavy (non-hydrogen) atoms. The maximum atomic E-state index is 14.1. The maximum absolute atomic E-state index is 14.1. The number of aliphatic hydroxyl groups is 1. The minimum absolute atomic E-state index is 0.0162. The van der Waals surface area contributed by atoms with Crippen LogP contribution >= 0.6 is 0 Å². The largest absolute Gasteiger partial charge is 0.506 e. The Bertz CT molecular complexity index is 2850. The molecule has 16 heteroatoms. The van der Waals surface area contributed by atoms with Gasteiger partial charge in [0.1, 0.15) is 10.7 Å². The van der Waals surface area contributed by atoms with Crippen LogP contribution in [0.4, 0.5) is 11.4 Å². The van der Waals surface area contributed by atoms with Gasteiger partial charge in [0, 0.05) is 21.4 Å². The third kappa shape index (κ3) is 6.07. The Hall–Kier alpha value is -5.00. The van der Waals surface area contributed by atoms with Gasteiger partial charge in [-0.2, -0.15) is 16.8 Å². The van der Waals surface area contributed by atoms with Gasteiger partial charge in [-0.05, 0) is 42.1 Å². The first kappa shape index (κ1) is 32.9. The number of aromatic nitrogens is 1. The van der Waals surface area contributed by atoms with E-state index >= 15 is 0 Å². The van der Waals surface area contributed by atoms with Crippen LogP contribution in [0.3, 0.4) is 0 Å². The number of hydrogen-bond acceptors (Lipinski definition) is 11. The van der Waals surface area contributed by atoms with E-state index in [1.165, 1.54) is 18.2 Å². The van der Waals surface area contributed by atoms with E-state index in [0.29, 0.717) is 17.0 Å². The van der Waals surface area contributed by atoms with Crippen LogP contribution in [-0.4, -0.2) is 56.0 Å². The van der Waals surface area contributed by atoms with Crippen LogP contribution in [0.1, 0.15) is 12.0 Å². The van der Waals surface area contributed by atoms with Crippen molar-refractivity contribution in [2.75, 3.05) is 16.8 Å². The fraction of sp³-hybridized carbons (Fsp3) is 0.0938. The first-order valence-corrected chi connectivity index (χ1v) is 18.8. The molecule has 13 nitrogen and oxygen atoms in total. The molecule has 6 rings (SSSR count). The second-order valence-corrected chi connectivity index (χ2v) is 15.9. The first-order chi connectivity index (χ1) is 22.6. The monoisotopic (exact) mass is 708 g/mol. The van der Waals surface area contributed by atoms with E-state index in [2.05, 4.69) is 10.3 Å². The minimum Gasteiger partial charge on any atom is -0.506 e. The lowest BCUT2D eigenvalue weighted by Gasteiger charge is -2.15. The summed E-state index contributed by atoms with van der Waals surface area (Å²) >= 11 is 0.